The Hall–Kier alpha value is -1.95. The number of ether oxygens (including phenoxy) is 1. The normalized spacial score (nSPS) is 10.3. The third-order valence-electron chi connectivity index (χ3n) is 2.46. The fraction of sp³-hybridized carbons (Fsp3) is 0.231. The lowest BCUT2D eigenvalue weighted by atomic mass is 10.3. The Balaban J connectivity index is 1.96. The lowest BCUT2D eigenvalue weighted by molar-refractivity contribution is -0.120. The van der Waals surface area contributed by atoms with E-state index in [1.54, 1.807) is 19.2 Å². The van der Waals surface area contributed by atoms with Crippen LogP contribution in [0.25, 0.3) is 0 Å². The summed E-state index contributed by atoms with van der Waals surface area (Å²) in [5.41, 5.74) is 0.856. The lowest BCUT2D eigenvalue weighted by Gasteiger charge is -2.14. The number of aromatic nitrogens is 1. The number of aryl methyl sites for hydroxylation is 1. The minimum Gasteiger partial charge on any atom is -0.481 e. The topological polar surface area (TPSA) is 42.4 Å². The van der Waals surface area contributed by atoms with Gasteiger partial charge in [0.1, 0.15) is 0 Å². The molecule has 1 amide bonds. The van der Waals surface area contributed by atoms with E-state index < -0.39 is 5.82 Å². The van der Waals surface area contributed by atoms with Gasteiger partial charge in [-0.25, -0.2) is 9.37 Å². The van der Waals surface area contributed by atoms with Gasteiger partial charge in [-0.15, -0.1) is 11.3 Å². The van der Waals surface area contributed by atoms with Gasteiger partial charge in [0.05, 0.1) is 5.69 Å². The zero-order valence-electron chi connectivity index (χ0n) is 10.6. The smallest absolute Gasteiger partial charge is 0.266 e. The number of anilines is 1. The van der Waals surface area contributed by atoms with Crippen LogP contribution in [0.15, 0.2) is 29.6 Å². The summed E-state index contributed by atoms with van der Waals surface area (Å²) < 4.78 is 18.5. The Kier molecular flexibility index (Phi) is 4.11. The maximum absolute atomic E-state index is 13.3. The van der Waals surface area contributed by atoms with Crippen LogP contribution in [-0.4, -0.2) is 24.5 Å². The highest BCUT2D eigenvalue weighted by Gasteiger charge is 2.15. The van der Waals surface area contributed by atoms with E-state index in [-0.39, 0.29) is 18.3 Å². The second-order valence-corrected chi connectivity index (χ2v) is 4.78. The fourth-order valence-corrected chi connectivity index (χ4v) is 2.19. The average molecular weight is 280 g/mol. The molecule has 0 fully saturated rings. The van der Waals surface area contributed by atoms with Crippen molar-refractivity contribution in [3.05, 3.63) is 41.2 Å². The Morgan fingerprint density at radius 2 is 2.21 bits per heavy atom. The van der Waals surface area contributed by atoms with E-state index in [9.17, 15) is 9.18 Å². The predicted octanol–water partition coefficient (Wildman–Crippen LogP) is 2.63. The molecule has 2 rings (SSSR count). The molecule has 0 aliphatic heterocycles. The third-order valence-corrected chi connectivity index (χ3v) is 3.49. The standard InChI is InChI=1S/C13H13FN2O2S/c1-9-8-19-13(15-9)16(2)12(17)7-18-11-6-4-3-5-10(11)14/h3-6,8H,7H2,1-2H3. The first-order valence-electron chi connectivity index (χ1n) is 5.64. The fourth-order valence-electron chi connectivity index (χ4n) is 1.40. The number of rotatable bonds is 4. The number of carbonyl (C=O) groups is 1. The SMILES string of the molecule is Cc1csc(N(C)C(=O)COc2ccccc2F)n1. The zero-order valence-corrected chi connectivity index (χ0v) is 11.4. The molecule has 6 heteroatoms. The number of halogens is 1. The molecule has 0 radical (unpaired) electrons. The number of amides is 1. The Labute approximate surface area is 114 Å². The van der Waals surface area contributed by atoms with Crippen molar-refractivity contribution in [3.63, 3.8) is 0 Å². The van der Waals surface area contributed by atoms with Crippen molar-refractivity contribution < 1.29 is 13.9 Å². The third kappa shape index (κ3) is 3.29. The molecule has 0 bridgehead atoms. The molecule has 0 unspecified atom stereocenters. The highest BCUT2D eigenvalue weighted by atomic mass is 32.1. The second-order valence-electron chi connectivity index (χ2n) is 3.94. The van der Waals surface area contributed by atoms with Gasteiger partial charge in [0.25, 0.3) is 5.91 Å². The summed E-state index contributed by atoms with van der Waals surface area (Å²) in [5, 5.41) is 2.45. The van der Waals surface area contributed by atoms with Gasteiger partial charge in [0.2, 0.25) is 0 Å². The molecule has 0 saturated heterocycles. The lowest BCUT2D eigenvalue weighted by Crippen LogP contribution is -2.31. The van der Waals surface area contributed by atoms with Crippen molar-refractivity contribution in [1.82, 2.24) is 4.98 Å². The monoisotopic (exact) mass is 280 g/mol. The highest BCUT2D eigenvalue weighted by molar-refractivity contribution is 7.14. The molecule has 0 atom stereocenters. The molecular weight excluding hydrogens is 267 g/mol. The van der Waals surface area contributed by atoms with E-state index >= 15 is 0 Å². The predicted molar refractivity (Wildman–Crippen MR) is 72.2 cm³/mol. The molecule has 1 aromatic carbocycles. The average Bonchev–Trinajstić information content (AvgIpc) is 2.83. The molecule has 19 heavy (non-hydrogen) atoms. The van der Waals surface area contributed by atoms with Crippen molar-refractivity contribution >= 4 is 22.4 Å². The van der Waals surface area contributed by atoms with Gasteiger partial charge in [-0.05, 0) is 19.1 Å². The summed E-state index contributed by atoms with van der Waals surface area (Å²) in [7, 11) is 1.62. The molecule has 100 valence electrons. The molecule has 4 nitrogen and oxygen atoms in total. The van der Waals surface area contributed by atoms with Crippen LogP contribution in [0.1, 0.15) is 5.69 Å². The molecular formula is C13H13FN2O2S. The van der Waals surface area contributed by atoms with Gasteiger partial charge in [-0.3, -0.25) is 9.69 Å². The van der Waals surface area contributed by atoms with Crippen molar-refractivity contribution in [2.45, 2.75) is 6.92 Å². The molecule has 2 aromatic rings. The van der Waals surface area contributed by atoms with E-state index in [2.05, 4.69) is 4.98 Å². The first-order valence-corrected chi connectivity index (χ1v) is 6.52. The minimum absolute atomic E-state index is 0.0690. The van der Waals surface area contributed by atoms with Crippen LogP contribution >= 0.6 is 11.3 Å². The van der Waals surface area contributed by atoms with Crippen molar-refractivity contribution in [2.24, 2.45) is 0 Å². The number of carbonyl (C=O) groups excluding carboxylic acids is 1. The van der Waals surface area contributed by atoms with Gasteiger partial charge in [0.15, 0.2) is 23.3 Å². The van der Waals surface area contributed by atoms with Crippen LogP contribution in [0.5, 0.6) is 5.75 Å². The highest BCUT2D eigenvalue weighted by Crippen LogP contribution is 2.19. The minimum atomic E-state index is -0.483. The quantitative estimate of drug-likeness (QED) is 0.864. The molecule has 1 heterocycles. The summed E-state index contributed by atoms with van der Waals surface area (Å²) >= 11 is 1.38. The molecule has 0 aliphatic rings. The van der Waals surface area contributed by atoms with Crippen molar-refractivity contribution in [3.8, 4) is 5.75 Å². The number of para-hydroxylation sites is 1. The number of likely N-dealkylation sites (N-methyl/N-ethyl adjacent to an activating group) is 1. The molecule has 0 aliphatic carbocycles. The van der Waals surface area contributed by atoms with Crippen LogP contribution in [0, 0.1) is 12.7 Å². The van der Waals surface area contributed by atoms with E-state index in [1.807, 2.05) is 12.3 Å². The number of hydrogen-bond acceptors (Lipinski definition) is 4. The van der Waals surface area contributed by atoms with Crippen LogP contribution in [0.4, 0.5) is 9.52 Å². The number of nitrogens with zero attached hydrogens (tertiary/aromatic N) is 2. The Bertz CT molecular complexity index is 586. The molecule has 1 aromatic heterocycles. The van der Waals surface area contributed by atoms with Crippen LogP contribution < -0.4 is 9.64 Å². The van der Waals surface area contributed by atoms with Crippen molar-refractivity contribution in [1.29, 1.82) is 0 Å². The molecule has 0 saturated carbocycles. The molecule has 0 spiro atoms. The van der Waals surface area contributed by atoms with E-state index in [0.717, 1.165) is 5.69 Å². The summed E-state index contributed by atoms with van der Waals surface area (Å²) in [6.07, 6.45) is 0. The maximum atomic E-state index is 13.3. The van der Waals surface area contributed by atoms with E-state index in [4.69, 9.17) is 4.74 Å². The second kappa shape index (κ2) is 5.79. The first-order chi connectivity index (χ1) is 9.08. The Morgan fingerprint density at radius 3 is 2.84 bits per heavy atom. The van der Waals surface area contributed by atoms with Crippen molar-refractivity contribution in [2.75, 3.05) is 18.6 Å². The molecule has 0 N–H and O–H groups in total. The summed E-state index contributed by atoms with van der Waals surface area (Å²) in [5.74, 6) is -0.694. The van der Waals surface area contributed by atoms with Gasteiger partial charge in [0, 0.05) is 12.4 Å². The van der Waals surface area contributed by atoms with Gasteiger partial charge in [-0.2, -0.15) is 0 Å². The summed E-state index contributed by atoms with van der Waals surface area (Å²) in [6.45, 7) is 1.63. The van der Waals surface area contributed by atoms with Gasteiger partial charge < -0.3 is 4.74 Å². The van der Waals surface area contributed by atoms with E-state index in [1.165, 1.54) is 28.4 Å². The zero-order chi connectivity index (χ0) is 13.8. The largest absolute Gasteiger partial charge is 0.481 e. The van der Waals surface area contributed by atoms with E-state index in [0.29, 0.717) is 5.13 Å². The number of thiazole rings is 1. The number of benzene rings is 1. The van der Waals surface area contributed by atoms with Gasteiger partial charge in [-0.1, -0.05) is 12.1 Å². The van der Waals surface area contributed by atoms with Crippen LogP contribution in [0.2, 0.25) is 0 Å². The first kappa shape index (κ1) is 13.5. The maximum Gasteiger partial charge on any atom is 0.266 e. The summed E-state index contributed by atoms with van der Waals surface area (Å²) in [6, 6.07) is 5.98. The van der Waals surface area contributed by atoms with Crippen LogP contribution in [0.3, 0.4) is 0 Å². The number of hydrogen-bond donors (Lipinski definition) is 0. The van der Waals surface area contributed by atoms with Gasteiger partial charge >= 0.3 is 0 Å². The Morgan fingerprint density at radius 1 is 1.47 bits per heavy atom. The van der Waals surface area contributed by atoms with Crippen LogP contribution in [-0.2, 0) is 4.79 Å². The summed E-state index contributed by atoms with van der Waals surface area (Å²) in [4.78, 5) is 17.5.